The summed E-state index contributed by atoms with van der Waals surface area (Å²) in [5, 5.41) is 0. The summed E-state index contributed by atoms with van der Waals surface area (Å²) in [5.41, 5.74) is 0. The summed E-state index contributed by atoms with van der Waals surface area (Å²) in [4.78, 5) is 0. The van der Waals surface area contributed by atoms with Crippen molar-refractivity contribution in [1.82, 2.24) is 0 Å². The van der Waals surface area contributed by atoms with Crippen LogP contribution in [0.3, 0.4) is 0 Å². The normalized spacial score (nSPS) is 28.3. The van der Waals surface area contributed by atoms with Gasteiger partial charge in [0.15, 0.2) is 0 Å². The van der Waals surface area contributed by atoms with E-state index in [1.165, 1.54) is 77.0 Å². The second-order valence-electron chi connectivity index (χ2n) is 5.26. The maximum absolute atomic E-state index is 1.96. The standard InChI is InChI=1S/C14H25/c1-2-5-9-13(10-6-3-1)14-11-7-4-8-12-14/h14H,1-12H2. The fourth-order valence-corrected chi connectivity index (χ4v) is 3.28. The van der Waals surface area contributed by atoms with Crippen LogP contribution in [0.15, 0.2) is 0 Å². The van der Waals surface area contributed by atoms with Crippen LogP contribution in [-0.2, 0) is 0 Å². The van der Waals surface area contributed by atoms with Crippen LogP contribution in [0.4, 0.5) is 0 Å². The third-order valence-corrected chi connectivity index (χ3v) is 4.18. The van der Waals surface area contributed by atoms with E-state index in [0.717, 1.165) is 5.92 Å². The molecule has 1 radical (unpaired) electrons. The van der Waals surface area contributed by atoms with E-state index in [4.69, 9.17) is 0 Å². The number of rotatable bonds is 1. The van der Waals surface area contributed by atoms with Crippen LogP contribution in [0, 0.1) is 11.8 Å². The minimum Gasteiger partial charge on any atom is -0.0533 e. The molecule has 0 aromatic rings. The van der Waals surface area contributed by atoms with Gasteiger partial charge in [-0.15, -0.1) is 0 Å². The zero-order valence-electron chi connectivity index (χ0n) is 9.56. The minimum absolute atomic E-state index is 1.04. The average molecular weight is 193 g/mol. The molecule has 0 heteroatoms. The van der Waals surface area contributed by atoms with Crippen LogP contribution in [-0.4, -0.2) is 0 Å². The zero-order valence-corrected chi connectivity index (χ0v) is 9.56. The second-order valence-corrected chi connectivity index (χ2v) is 5.26. The van der Waals surface area contributed by atoms with Gasteiger partial charge >= 0.3 is 0 Å². The van der Waals surface area contributed by atoms with Crippen LogP contribution < -0.4 is 0 Å². The number of hydrogen-bond donors (Lipinski definition) is 0. The Morgan fingerprint density at radius 2 is 1.07 bits per heavy atom. The Balaban J connectivity index is 1.80. The SMILES string of the molecule is C1CCC[C](C2CCCCC2)CCC1. The van der Waals surface area contributed by atoms with Crippen molar-refractivity contribution in [3.8, 4) is 0 Å². The molecule has 0 heterocycles. The van der Waals surface area contributed by atoms with E-state index < -0.39 is 0 Å². The maximum atomic E-state index is 1.96. The number of hydrogen-bond acceptors (Lipinski definition) is 0. The largest absolute Gasteiger partial charge is 0.0533 e. The van der Waals surface area contributed by atoms with Crippen molar-refractivity contribution in [3.05, 3.63) is 5.92 Å². The van der Waals surface area contributed by atoms with Gasteiger partial charge in [0.1, 0.15) is 0 Å². The molecule has 0 spiro atoms. The summed E-state index contributed by atoms with van der Waals surface area (Å²) in [6.07, 6.45) is 18.0. The van der Waals surface area contributed by atoms with Gasteiger partial charge in [-0.2, -0.15) is 0 Å². The van der Waals surface area contributed by atoms with Crippen LogP contribution in [0.2, 0.25) is 0 Å². The molecule has 2 aliphatic rings. The zero-order chi connectivity index (χ0) is 9.64. The summed E-state index contributed by atoms with van der Waals surface area (Å²) in [6, 6.07) is 0. The van der Waals surface area contributed by atoms with Gasteiger partial charge in [0, 0.05) is 0 Å². The smallest absolute Gasteiger partial charge is 0.0210 e. The Morgan fingerprint density at radius 3 is 1.71 bits per heavy atom. The molecule has 0 aliphatic heterocycles. The third-order valence-electron chi connectivity index (χ3n) is 4.18. The van der Waals surface area contributed by atoms with Gasteiger partial charge in [0.2, 0.25) is 0 Å². The quantitative estimate of drug-likeness (QED) is 0.556. The summed E-state index contributed by atoms with van der Waals surface area (Å²) in [7, 11) is 0. The van der Waals surface area contributed by atoms with E-state index in [2.05, 4.69) is 0 Å². The van der Waals surface area contributed by atoms with E-state index in [0.29, 0.717) is 0 Å². The molecule has 2 rings (SSSR count). The summed E-state index contributed by atoms with van der Waals surface area (Å²) < 4.78 is 0. The molecule has 2 saturated carbocycles. The highest BCUT2D eigenvalue weighted by Gasteiger charge is 2.23. The Hall–Kier alpha value is 0. The van der Waals surface area contributed by atoms with Crippen molar-refractivity contribution in [2.75, 3.05) is 0 Å². The van der Waals surface area contributed by atoms with Crippen LogP contribution in [0.25, 0.3) is 0 Å². The molecule has 0 amide bonds. The second kappa shape index (κ2) is 5.78. The van der Waals surface area contributed by atoms with E-state index in [-0.39, 0.29) is 0 Å². The molecule has 2 aliphatic carbocycles. The highest BCUT2D eigenvalue weighted by Crippen LogP contribution is 2.38. The van der Waals surface area contributed by atoms with Gasteiger partial charge in [0.25, 0.3) is 0 Å². The van der Waals surface area contributed by atoms with Gasteiger partial charge in [0.05, 0.1) is 0 Å². The predicted molar refractivity (Wildman–Crippen MR) is 62.1 cm³/mol. The van der Waals surface area contributed by atoms with Gasteiger partial charge in [-0.1, -0.05) is 51.4 Å². The molecule has 0 saturated heterocycles. The fourth-order valence-electron chi connectivity index (χ4n) is 3.28. The van der Waals surface area contributed by atoms with Gasteiger partial charge in [-0.25, -0.2) is 0 Å². The molecule has 0 nitrogen and oxygen atoms in total. The van der Waals surface area contributed by atoms with Crippen LogP contribution >= 0.6 is 0 Å². The topological polar surface area (TPSA) is 0 Å². The molecular weight excluding hydrogens is 168 g/mol. The molecule has 14 heavy (non-hydrogen) atoms. The lowest BCUT2D eigenvalue weighted by molar-refractivity contribution is 0.330. The first-order chi connectivity index (χ1) is 6.97. The van der Waals surface area contributed by atoms with E-state index >= 15 is 0 Å². The van der Waals surface area contributed by atoms with Crippen LogP contribution in [0.1, 0.15) is 77.0 Å². The fraction of sp³-hybridized carbons (Fsp3) is 0.929. The molecule has 2 fully saturated rings. The van der Waals surface area contributed by atoms with Crippen molar-refractivity contribution in [2.45, 2.75) is 77.0 Å². The molecule has 0 atom stereocenters. The first-order valence-corrected chi connectivity index (χ1v) is 6.81. The highest BCUT2D eigenvalue weighted by atomic mass is 14.3. The third kappa shape index (κ3) is 3.00. The monoisotopic (exact) mass is 193 g/mol. The summed E-state index contributed by atoms with van der Waals surface area (Å²) >= 11 is 0. The van der Waals surface area contributed by atoms with Crippen molar-refractivity contribution in [3.63, 3.8) is 0 Å². The summed E-state index contributed by atoms with van der Waals surface area (Å²) in [5.74, 6) is 3.01. The lowest BCUT2D eigenvalue weighted by atomic mass is 9.75. The minimum atomic E-state index is 1.04. The van der Waals surface area contributed by atoms with Gasteiger partial charge in [-0.3, -0.25) is 0 Å². The van der Waals surface area contributed by atoms with Crippen molar-refractivity contribution in [2.24, 2.45) is 5.92 Å². The predicted octanol–water partition coefficient (Wildman–Crippen LogP) is 4.89. The van der Waals surface area contributed by atoms with Gasteiger partial charge < -0.3 is 0 Å². The van der Waals surface area contributed by atoms with E-state index in [1.807, 2.05) is 5.92 Å². The Kier molecular flexibility index (Phi) is 4.34. The van der Waals surface area contributed by atoms with E-state index in [1.54, 1.807) is 0 Å². The molecular formula is C14H25. The average Bonchev–Trinajstić information content (AvgIpc) is 2.18. The Bertz CT molecular complexity index is 136. The van der Waals surface area contributed by atoms with Crippen molar-refractivity contribution < 1.29 is 0 Å². The summed E-state index contributed by atoms with van der Waals surface area (Å²) in [6.45, 7) is 0. The molecule has 0 N–H and O–H groups in total. The van der Waals surface area contributed by atoms with Crippen molar-refractivity contribution in [1.29, 1.82) is 0 Å². The maximum Gasteiger partial charge on any atom is -0.0210 e. The first kappa shape index (κ1) is 10.5. The van der Waals surface area contributed by atoms with E-state index in [9.17, 15) is 0 Å². The van der Waals surface area contributed by atoms with Crippen molar-refractivity contribution >= 4 is 0 Å². The molecule has 0 bridgehead atoms. The van der Waals surface area contributed by atoms with Crippen LogP contribution in [0.5, 0.6) is 0 Å². The molecule has 0 unspecified atom stereocenters. The first-order valence-electron chi connectivity index (χ1n) is 6.81. The van der Waals surface area contributed by atoms with Gasteiger partial charge in [-0.05, 0) is 37.5 Å². The molecule has 0 aromatic heterocycles. The highest BCUT2D eigenvalue weighted by molar-refractivity contribution is 4.97. The molecule has 81 valence electrons. The lowest BCUT2D eigenvalue weighted by Gasteiger charge is -2.31. The molecule has 0 aromatic carbocycles. The lowest BCUT2D eigenvalue weighted by Crippen LogP contribution is -2.17. The Morgan fingerprint density at radius 1 is 0.571 bits per heavy atom. The Labute approximate surface area is 89.5 Å².